The maximum absolute atomic E-state index is 12.5. The van der Waals surface area contributed by atoms with E-state index in [4.69, 9.17) is 0 Å². The first-order chi connectivity index (χ1) is 11.5. The molecule has 8 nitrogen and oxygen atoms in total. The van der Waals surface area contributed by atoms with Gasteiger partial charge in [-0.25, -0.2) is 4.68 Å². The number of rotatable bonds is 4. The fourth-order valence-electron chi connectivity index (χ4n) is 2.62. The molecule has 8 heteroatoms. The van der Waals surface area contributed by atoms with Crippen LogP contribution in [0.2, 0.25) is 0 Å². The fourth-order valence-corrected chi connectivity index (χ4v) is 2.62. The summed E-state index contributed by atoms with van der Waals surface area (Å²) in [6.07, 6.45) is 3.31. The second-order valence-electron chi connectivity index (χ2n) is 5.76. The summed E-state index contributed by atoms with van der Waals surface area (Å²) in [7, 11) is 1.88. The third kappa shape index (κ3) is 2.90. The SMILES string of the molecule is Cc1cc(C(=O)N[C@H](C)c2cnn(C)c2C)ccc1-n1cnnn1. The average Bonchev–Trinajstić information content (AvgIpc) is 3.18. The third-order valence-electron chi connectivity index (χ3n) is 4.14. The second-order valence-corrected chi connectivity index (χ2v) is 5.76. The lowest BCUT2D eigenvalue weighted by molar-refractivity contribution is 0.0939. The van der Waals surface area contributed by atoms with Crippen LogP contribution in [0, 0.1) is 13.8 Å². The molecule has 0 aliphatic rings. The molecule has 0 saturated heterocycles. The highest BCUT2D eigenvalue weighted by atomic mass is 16.1. The topological polar surface area (TPSA) is 90.5 Å². The molecule has 1 atom stereocenters. The van der Waals surface area contributed by atoms with E-state index in [0.29, 0.717) is 5.56 Å². The molecule has 2 aromatic heterocycles. The van der Waals surface area contributed by atoms with Crippen molar-refractivity contribution in [2.45, 2.75) is 26.8 Å². The summed E-state index contributed by atoms with van der Waals surface area (Å²) in [5, 5.41) is 18.3. The van der Waals surface area contributed by atoms with Crippen molar-refractivity contribution in [3.05, 3.63) is 53.1 Å². The zero-order chi connectivity index (χ0) is 17.3. The molecule has 1 N–H and O–H groups in total. The van der Waals surface area contributed by atoms with Crippen LogP contribution in [0.5, 0.6) is 0 Å². The van der Waals surface area contributed by atoms with E-state index >= 15 is 0 Å². The predicted octanol–water partition coefficient (Wildman–Crippen LogP) is 1.50. The zero-order valence-corrected chi connectivity index (χ0v) is 14.1. The van der Waals surface area contributed by atoms with Gasteiger partial charge in [0.05, 0.1) is 17.9 Å². The smallest absolute Gasteiger partial charge is 0.251 e. The minimum absolute atomic E-state index is 0.120. The van der Waals surface area contributed by atoms with Crippen LogP contribution in [-0.2, 0) is 7.05 Å². The van der Waals surface area contributed by atoms with E-state index < -0.39 is 0 Å². The van der Waals surface area contributed by atoms with Crippen molar-refractivity contribution in [2.75, 3.05) is 0 Å². The van der Waals surface area contributed by atoms with Crippen LogP contribution in [0.15, 0.2) is 30.7 Å². The Kier molecular flexibility index (Phi) is 4.11. The van der Waals surface area contributed by atoms with Gasteiger partial charge in [-0.2, -0.15) is 5.10 Å². The lowest BCUT2D eigenvalue weighted by Crippen LogP contribution is -2.27. The molecule has 0 bridgehead atoms. The molecule has 1 aromatic carbocycles. The Labute approximate surface area is 139 Å². The molecule has 0 aliphatic heterocycles. The van der Waals surface area contributed by atoms with Gasteiger partial charge in [-0.1, -0.05) is 0 Å². The lowest BCUT2D eigenvalue weighted by atomic mass is 10.1. The van der Waals surface area contributed by atoms with Crippen LogP contribution in [0.3, 0.4) is 0 Å². The van der Waals surface area contributed by atoms with Gasteiger partial charge < -0.3 is 5.32 Å². The number of benzene rings is 1. The highest BCUT2D eigenvalue weighted by molar-refractivity contribution is 5.94. The maximum atomic E-state index is 12.5. The summed E-state index contributed by atoms with van der Waals surface area (Å²) in [6.45, 7) is 5.85. The van der Waals surface area contributed by atoms with E-state index in [1.807, 2.05) is 40.0 Å². The molecule has 0 aliphatic carbocycles. The average molecular weight is 325 g/mol. The first-order valence-electron chi connectivity index (χ1n) is 7.60. The highest BCUT2D eigenvalue weighted by Gasteiger charge is 2.16. The van der Waals surface area contributed by atoms with E-state index in [1.54, 1.807) is 21.6 Å². The van der Waals surface area contributed by atoms with Crippen LogP contribution in [-0.4, -0.2) is 35.9 Å². The van der Waals surface area contributed by atoms with Gasteiger partial charge in [-0.05, 0) is 55.0 Å². The van der Waals surface area contributed by atoms with Gasteiger partial charge in [0.1, 0.15) is 6.33 Å². The van der Waals surface area contributed by atoms with E-state index in [2.05, 4.69) is 25.9 Å². The van der Waals surface area contributed by atoms with Gasteiger partial charge in [0, 0.05) is 23.9 Å². The number of carbonyl (C=O) groups excluding carboxylic acids is 1. The number of aryl methyl sites for hydroxylation is 2. The first-order valence-corrected chi connectivity index (χ1v) is 7.60. The van der Waals surface area contributed by atoms with Gasteiger partial charge in [-0.3, -0.25) is 9.48 Å². The predicted molar refractivity (Wildman–Crippen MR) is 87.7 cm³/mol. The second kappa shape index (κ2) is 6.23. The normalized spacial score (nSPS) is 12.2. The third-order valence-corrected chi connectivity index (χ3v) is 4.14. The summed E-state index contributed by atoms with van der Waals surface area (Å²) >= 11 is 0. The minimum Gasteiger partial charge on any atom is -0.345 e. The summed E-state index contributed by atoms with van der Waals surface area (Å²) < 4.78 is 3.36. The molecule has 0 spiro atoms. The Hall–Kier alpha value is -3.03. The molecule has 124 valence electrons. The molecule has 3 rings (SSSR count). The molecular weight excluding hydrogens is 306 g/mol. The fraction of sp³-hybridized carbons (Fsp3) is 0.312. The van der Waals surface area contributed by atoms with E-state index in [0.717, 1.165) is 22.5 Å². The Morgan fingerprint density at radius 1 is 1.29 bits per heavy atom. The van der Waals surface area contributed by atoms with Gasteiger partial charge in [0.2, 0.25) is 0 Å². The molecule has 24 heavy (non-hydrogen) atoms. The van der Waals surface area contributed by atoms with Crippen LogP contribution in [0.1, 0.15) is 40.1 Å². The number of hydrogen-bond acceptors (Lipinski definition) is 5. The van der Waals surface area contributed by atoms with Crippen LogP contribution < -0.4 is 5.32 Å². The number of nitrogens with one attached hydrogen (secondary N) is 1. The van der Waals surface area contributed by atoms with Crippen molar-refractivity contribution in [1.29, 1.82) is 0 Å². The number of carbonyl (C=O) groups is 1. The van der Waals surface area contributed by atoms with Gasteiger partial charge in [-0.15, -0.1) is 5.10 Å². The van der Waals surface area contributed by atoms with Crippen molar-refractivity contribution < 1.29 is 4.79 Å². The molecular formula is C16H19N7O. The Bertz CT molecular complexity index is 867. The molecule has 2 heterocycles. The maximum Gasteiger partial charge on any atom is 0.251 e. The number of amides is 1. The highest BCUT2D eigenvalue weighted by Crippen LogP contribution is 2.18. The molecule has 0 radical (unpaired) electrons. The number of nitrogens with zero attached hydrogens (tertiary/aromatic N) is 6. The van der Waals surface area contributed by atoms with Crippen molar-refractivity contribution in [1.82, 2.24) is 35.3 Å². The molecule has 0 unspecified atom stereocenters. The summed E-state index contributed by atoms with van der Waals surface area (Å²) in [6, 6.07) is 5.31. The monoisotopic (exact) mass is 325 g/mol. The first kappa shape index (κ1) is 15.9. The molecule has 3 aromatic rings. The van der Waals surface area contributed by atoms with Crippen molar-refractivity contribution in [2.24, 2.45) is 7.05 Å². The summed E-state index contributed by atoms with van der Waals surface area (Å²) in [5.74, 6) is -0.128. The van der Waals surface area contributed by atoms with Gasteiger partial charge in [0.25, 0.3) is 5.91 Å². The lowest BCUT2D eigenvalue weighted by Gasteiger charge is -2.14. The summed E-state index contributed by atoms with van der Waals surface area (Å²) in [4.78, 5) is 12.5. The van der Waals surface area contributed by atoms with Gasteiger partial charge >= 0.3 is 0 Å². The van der Waals surface area contributed by atoms with E-state index in [9.17, 15) is 4.79 Å². The summed E-state index contributed by atoms with van der Waals surface area (Å²) in [5.41, 5.74) is 4.39. The van der Waals surface area contributed by atoms with Crippen molar-refractivity contribution in [3.63, 3.8) is 0 Å². The Morgan fingerprint density at radius 2 is 2.08 bits per heavy atom. The molecule has 0 fully saturated rings. The van der Waals surface area contributed by atoms with Crippen LogP contribution >= 0.6 is 0 Å². The Balaban J connectivity index is 1.78. The number of aromatic nitrogens is 6. The molecule has 0 saturated carbocycles. The zero-order valence-electron chi connectivity index (χ0n) is 14.1. The number of tetrazole rings is 1. The standard InChI is InChI=1S/C16H19N7O/c1-10-7-13(5-6-15(10)23-9-17-20-21-23)16(24)19-11(2)14-8-18-22(4)12(14)3/h5-9,11H,1-4H3,(H,19,24)/t11-/m1/s1. The Morgan fingerprint density at radius 3 is 2.67 bits per heavy atom. The van der Waals surface area contributed by atoms with E-state index in [1.165, 1.54) is 6.33 Å². The van der Waals surface area contributed by atoms with E-state index in [-0.39, 0.29) is 11.9 Å². The van der Waals surface area contributed by atoms with Crippen molar-refractivity contribution >= 4 is 5.91 Å². The largest absolute Gasteiger partial charge is 0.345 e. The molecule has 1 amide bonds. The minimum atomic E-state index is -0.128. The van der Waals surface area contributed by atoms with Crippen LogP contribution in [0.4, 0.5) is 0 Å². The number of hydrogen-bond donors (Lipinski definition) is 1. The van der Waals surface area contributed by atoms with Gasteiger partial charge in [0.15, 0.2) is 0 Å². The van der Waals surface area contributed by atoms with Crippen molar-refractivity contribution in [3.8, 4) is 5.69 Å². The van der Waals surface area contributed by atoms with Crippen LogP contribution in [0.25, 0.3) is 5.69 Å². The quantitative estimate of drug-likeness (QED) is 0.785.